The van der Waals surface area contributed by atoms with Crippen LogP contribution in [0.15, 0.2) is 48.7 Å². The number of carboxylic acids is 1. The molecular weight excluding hydrogens is 425 g/mol. The van der Waals surface area contributed by atoms with Crippen molar-refractivity contribution in [3.63, 3.8) is 0 Å². The molecule has 33 heavy (non-hydrogen) atoms. The summed E-state index contributed by atoms with van der Waals surface area (Å²) in [4.78, 5) is 15.8. The average molecular weight is 451 g/mol. The maximum absolute atomic E-state index is 14.5. The minimum atomic E-state index is -0.824. The SMILES string of the molecule is COc1ccc(F)c(-c2cnc(C3CCc4ccc(CC(C)C(=O)O)cc4O3)cc2OC)c1. The number of hydrogen-bond acceptors (Lipinski definition) is 5. The predicted molar refractivity (Wildman–Crippen MR) is 121 cm³/mol. The Labute approximate surface area is 192 Å². The molecule has 1 aliphatic heterocycles. The number of pyridine rings is 1. The molecule has 2 unspecified atom stereocenters. The highest BCUT2D eigenvalue weighted by molar-refractivity contribution is 5.72. The van der Waals surface area contributed by atoms with E-state index >= 15 is 0 Å². The number of methoxy groups -OCH3 is 2. The minimum absolute atomic E-state index is 0.289. The summed E-state index contributed by atoms with van der Waals surface area (Å²) in [7, 11) is 3.06. The van der Waals surface area contributed by atoms with Crippen LogP contribution in [0, 0.1) is 11.7 Å². The van der Waals surface area contributed by atoms with Crippen molar-refractivity contribution in [3.05, 3.63) is 71.3 Å². The maximum Gasteiger partial charge on any atom is 0.306 e. The molecule has 0 saturated heterocycles. The van der Waals surface area contributed by atoms with Gasteiger partial charge in [0.25, 0.3) is 0 Å². The molecule has 1 N–H and O–H groups in total. The van der Waals surface area contributed by atoms with Gasteiger partial charge in [-0.3, -0.25) is 9.78 Å². The summed E-state index contributed by atoms with van der Waals surface area (Å²) in [6.45, 7) is 1.69. The van der Waals surface area contributed by atoms with Crippen molar-refractivity contribution in [2.24, 2.45) is 5.92 Å². The molecule has 172 valence electrons. The molecule has 6 nitrogen and oxygen atoms in total. The van der Waals surface area contributed by atoms with Crippen molar-refractivity contribution in [2.45, 2.75) is 32.3 Å². The number of fused-ring (bicyclic) bond motifs is 1. The van der Waals surface area contributed by atoms with Gasteiger partial charge in [-0.25, -0.2) is 4.39 Å². The van der Waals surface area contributed by atoms with Crippen LogP contribution in [0.3, 0.4) is 0 Å². The van der Waals surface area contributed by atoms with E-state index in [2.05, 4.69) is 4.98 Å². The molecule has 0 saturated carbocycles. The van der Waals surface area contributed by atoms with Crippen molar-refractivity contribution >= 4 is 5.97 Å². The number of carboxylic acid groups (broad SMARTS) is 1. The number of aryl methyl sites for hydroxylation is 1. The van der Waals surface area contributed by atoms with Gasteiger partial charge < -0.3 is 19.3 Å². The Bertz CT molecular complexity index is 1180. The van der Waals surface area contributed by atoms with Crippen LogP contribution in [0.1, 0.15) is 36.3 Å². The third kappa shape index (κ3) is 4.77. The fraction of sp³-hybridized carbons (Fsp3) is 0.308. The predicted octanol–water partition coefficient (Wildman–Crippen LogP) is 5.23. The van der Waals surface area contributed by atoms with E-state index in [1.165, 1.54) is 20.3 Å². The van der Waals surface area contributed by atoms with Gasteiger partial charge in [0.1, 0.15) is 29.2 Å². The van der Waals surface area contributed by atoms with Gasteiger partial charge in [-0.15, -0.1) is 0 Å². The van der Waals surface area contributed by atoms with Gasteiger partial charge in [0, 0.05) is 23.4 Å². The molecule has 2 atom stereocenters. The highest BCUT2D eigenvalue weighted by Crippen LogP contribution is 2.39. The number of benzene rings is 2. The van der Waals surface area contributed by atoms with Crippen LogP contribution in [-0.2, 0) is 17.6 Å². The molecule has 7 heteroatoms. The van der Waals surface area contributed by atoms with Crippen LogP contribution in [0.2, 0.25) is 0 Å². The van der Waals surface area contributed by atoms with E-state index < -0.39 is 17.7 Å². The number of aliphatic carboxylic acids is 1. The van der Waals surface area contributed by atoms with E-state index in [1.54, 1.807) is 31.3 Å². The molecule has 1 aliphatic rings. The number of carbonyl (C=O) groups is 1. The van der Waals surface area contributed by atoms with Gasteiger partial charge in [0.2, 0.25) is 0 Å². The Hall–Kier alpha value is -3.61. The molecule has 0 radical (unpaired) electrons. The van der Waals surface area contributed by atoms with Crippen molar-refractivity contribution in [3.8, 4) is 28.4 Å². The molecule has 3 aromatic rings. The molecule has 2 aromatic carbocycles. The summed E-state index contributed by atoms with van der Waals surface area (Å²) in [5, 5.41) is 9.19. The van der Waals surface area contributed by atoms with Gasteiger partial charge in [0.05, 0.1) is 25.8 Å². The third-order valence-electron chi connectivity index (χ3n) is 5.94. The highest BCUT2D eigenvalue weighted by atomic mass is 19.1. The zero-order valence-electron chi connectivity index (χ0n) is 18.8. The van der Waals surface area contributed by atoms with E-state index in [0.717, 1.165) is 29.7 Å². The number of halogens is 1. The molecule has 1 aromatic heterocycles. The first kappa shape index (κ1) is 22.6. The second kappa shape index (κ2) is 9.48. The van der Waals surface area contributed by atoms with Crippen LogP contribution >= 0.6 is 0 Å². The molecule has 0 fully saturated rings. The lowest BCUT2D eigenvalue weighted by atomic mass is 9.95. The Morgan fingerprint density at radius 3 is 2.73 bits per heavy atom. The normalized spacial score (nSPS) is 15.8. The fourth-order valence-electron chi connectivity index (χ4n) is 4.03. The molecule has 4 rings (SSSR count). The van der Waals surface area contributed by atoms with Gasteiger partial charge in [-0.05, 0) is 54.7 Å². The molecule has 2 heterocycles. The molecule has 0 amide bonds. The molecule has 0 aliphatic carbocycles. The summed E-state index contributed by atoms with van der Waals surface area (Å²) in [6, 6.07) is 12.2. The van der Waals surface area contributed by atoms with Crippen LogP contribution in [0.4, 0.5) is 4.39 Å². The largest absolute Gasteiger partial charge is 0.497 e. The van der Waals surface area contributed by atoms with Crippen molar-refractivity contribution in [1.29, 1.82) is 0 Å². The standard InChI is InChI=1S/C26H26FNO5/c1-15(26(29)30)10-16-4-5-17-6-9-23(33-24(17)11-16)22-13-25(32-3)20(14-28-22)19-12-18(31-2)7-8-21(19)27/h4-5,7-8,11-15,23H,6,9-10H2,1-3H3,(H,29,30). The van der Waals surface area contributed by atoms with Crippen LogP contribution in [0.25, 0.3) is 11.1 Å². The summed E-state index contributed by atoms with van der Waals surface area (Å²) >= 11 is 0. The van der Waals surface area contributed by atoms with Crippen molar-refractivity contribution < 1.29 is 28.5 Å². The number of hydrogen-bond donors (Lipinski definition) is 1. The first-order valence-corrected chi connectivity index (χ1v) is 10.8. The fourth-order valence-corrected chi connectivity index (χ4v) is 4.03. The lowest BCUT2D eigenvalue weighted by Gasteiger charge is -2.27. The average Bonchev–Trinajstić information content (AvgIpc) is 2.83. The molecule has 0 bridgehead atoms. The minimum Gasteiger partial charge on any atom is -0.497 e. The third-order valence-corrected chi connectivity index (χ3v) is 5.94. The first-order chi connectivity index (χ1) is 15.9. The summed E-state index contributed by atoms with van der Waals surface area (Å²) < 4.78 is 31.5. The summed E-state index contributed by atoms with van der Waals surface area (Å²) in [5.41, 5.74) is 3.56. The number of aromatic nitrogens is 1. The topological polar surface area (TPSA) is 77.9 Å². The van der Waals surface area contributed by atoms with Crippen molar-refractivity contribution in [1.82, 2.24) is 4.98 Å². The Morgan fingerprint density at radius 1 is 1.18 bits per heavy atom. The smallest absolute Gasteiger partial charge is 0.306 e. The van der Waals surface area contributed by atoms with Crippen molar-refractivity contribution in [2.75, 3.05) is 14.2 Å². The second-order valence-corrected chi connectivity index (χ2v) is 8.19. The zero-order valence-corrected chi connectivity index (χ0v) is 18.8. The van der Waals surface area contributed by atoms with Crippen LogP contribution < -0.4 is 14.2 Å². The lowest BCUT2D eigenvalue weighted by Crippen LogP contribution is -2.17. The van der Waals surface area contributed by atoms with E-state index in [4.69, 9.17) is 14.2 Å². The molecular formula is C26H26FNO5. The van der Waals surface area contributed by atoms with Crippen LogP contribution in [0.5, 0.6) is 17.2 Å². The quantitative estimate of drug-likeness (QED) is 0.530. The molecule has 0 spiro atoms. The summed E-state index contributed by atoms with van der Waals surface area (Å²) in [5.74, 6) is 0.0799. The maximum atomic E-state index is 14.5. The zero-order chi connectivity index (χ0) is 23.5. The number of ether oxygens (including phenoxy) is 3. The van der Waals surface area contributed by atoms with E-state index in [-0.39, 0.29) is 6.10 Å². The van der Waals surface area contributed by atoms with Gasteiger partial charge in [-0.2, -0.15) is 0 Å². The highest BCUT2D eigenvalue weighted by Gasteiger charge is 2.25. The lowest BCUT2D eigenvalue weighted by molar-refractivity contribution is -0.141. The monoisotopic (exact) mass is 451 g/mol. The van der Waals surface area contributed by atoms with Crippen LogP contribution in [-0.4, -0.2) is 30.3 Å². The van der Waals surface area contributed by atoms with Gasteiger partial charge in [0.15, 0.2) is 0 Å². The Kier molecular flexibility index (Phi) is 6.49. The Balaban J connectivity index is 1.60. The summed E-state index contributed by atoms with van der Waals surface area (Å²) in [6.07, 6.45) is 3.29. The van der Waals surface area contributed by atoms with E-state index in [9.17, 15) is 14.3 Å². The second-order valence-electron chi connectivity index (χ2n) is 8.19. The first-order valence-electron chi connectivity index (χ1n) is 10.8. The Morgan fingerprint density at radius 2 is 2.00 bits per heavy atom. The van der Waals surface area contributed by atoms with Gasteiger partial charge in [-0.1, -0.05) is 19.1 Å². The van der Waals surface area contributed by atoms with E-state index in [1.807, 2.05) is 18.2 Å². The van der Waals surface area contributed by atoms with Gasteiger partial charge >= 0.3 is 5.97 Å². The number of nitrogens with zero attached hydrogens (tertiary/aromatic N) is 1. The van der Waals surface area contributed by atoms with E-state index in [0.29, 0.717) is 34.7 Å². The number of rotatable bonds is 7.